The second kappa shape index (κ2) is 13.0. The maximum atomic E-state index is 2.31. The van der Waals surface area contributed by atoms with Gasteiger partial charge >= 0.3 is 0 Å². The first-order chi connectivity index (χ1) is 10.7. The average Bonchev–Trinajstić information content (AvgIpc) is 2.52. The van der Waals surface area contributed by atoms with E-state index in [-0.39, 0.29) is 0 Å². The first-order valence-electron chi connectivity index (χ1n) is 9.28. The number of thioether (sulfide) groups is 1. The zero-order chi connectivity index (χ0) is 16.0. The third-order valence-corrected chi connectivity index (χ3v) is 5.44. The molecule has 1 aromatic rings. The number of aromatic nitrogens is 1. The molecule has 0 aromatic carbocycles. The molecule has 22 heavy (non-hydrogen) atoms. The van der Waals surface area contributed by atoms with Crippen molar-refractivity contribution in [3.63, 3.8) is 0 Å². The molecule has 0 amide bonds. The summed E-state index contributed by atoms with van der Waals surface area (Å²) in [5, 5.41) is 0. The smallest absolute Gasteiger partial charge is 0.194 e. The molecule has 0 saturated carbocycles. The summed E-state index contributed by atoms with van der Waals surface area (Å²) in [4.78, 5) is 0. The van der Waals surface area contributed by atoms with Crippen molar-refractivity contribution in [1.29, 1.82) is 0 Å². The van der Waals surface area contributed by atoms with E-state index in [1.165, 1.54) is 81.1 Å². The highest BCUT2D eigenvalue weighted by molar-refractivity contribution is 7.98. The predicted molar refractivity (Wildman–Crippen MR) is 100 cm³/mol. The van der Waals surface area contributed by atoms with Gasteiger partial charge in [-0.3, -0.25) is 0 Å². The number of rotatable bonds is 13. The van der Waals surface area contributed by atoms with E-state index in [0.29, 0.717) is 0 Å². The van der Waals surface area contributed by atoms with Crippen LogP contribution in [-0.2, 0) is 5.88 Å². The molecule has 1 nitrogen and oxygen atoms in total. The van der Waals surface area contributed by atoms with Gasteiger partial charge in [0.25, 0.3) is 0 Å². The fourth-order valence-electron chi connectivity index (χ4n) is 2.67. The fourth-order valence-corrected chi connectivity index (χ4v) is 3.58. The van der Waals surface area contributed by atoms with E-state index >= 15 is 0 Å². The van der Waals surface area contributed by atoms with Gasteiger partial charge in [0.15, 0.2) is 18.3 Å². The van der Waals surface area contributed by atoms with Crippen LogP contribution in [0.5, 0.6) is 0 Å². The van der Waals surface area contributed by atoms with Crippen molar-refractivity contribution in [3.05, 3.63) is 29.6 Å². The Bertz CT molecular complexity index is 389. The van der Waals surface area contributed by atoms with E-state index in [9.17, 15) is 0 Å². The minimum absolute atomic E-state index is 1.10. The van der Waals surface area contributed by atoms with Crippen molar-refractivity contribution in [1.82, 2.24) is 0 Å². The van der Waals surface area contributed by atoms with Crippen LogP contribution < -0.4 is 4.57 Å². The van der Waals surface area contributed by atoms with Gasteiger partial charge in [-0.2, -0.15) is 4.57 Å². The summed E-state index contributed by atoms with van der Waals surface area (Å²) in [6.07, 6.45) is 18.7. The van der Waals surface area contributed by atoms with Gasteiger partial charge in [-0.25, -0.2) is 0 Å². The standard InChI is InChI=1S/C20H36NS/c1-4-5-6-7-8-9-10-11-12-13-16-22-18-21-15-14-19(2)20(3)17-21/h14-15,17H,4-13,16,18H2,1-3H3/q+1. The van der Waals surface area contributed by atoms with Crippen molar-refractivity contribution in [2.24, 2.45) is 0 Å². The molecule has 0 aliphatic rings. The van der Waals surface area contributed by atoms with E-state index in [1.54, 1.807) is 0 Å². The Morgan fingerprint density at radius 3 is 2.00 bits per heavy atom. The molecule has 2 heteroatoms. The summed E-state index contributed by atoms with van der Waals surface area (Å²) < 4.78 is 2.31. The van der Waals surface area contributed by atoms with Crippen LogP contribution in [0.15, 0.2) is 18.5 Å². The van der Waals surface area contributed by atoms with Crippen molar-refractivity contribution in [2.45, 2.75) is 90.9 Å². The minimum atomic E-state index is 1.10. The van der Waals surface area contributed by atoms with Crippen LogP contribution in [0, 0.1) is 13.8 Å². The fraction of sp³-hybridized carbons (Fsp3) is 0.750. The van der Waals surface area contributed by atoms with Gasteiger partial charge in [0.05, 0.1) is 0 Å². The van der Waals surface area contributed by atoms with E-state index in [4.69, 9.17) is 0 Å². The molecule has 0 saturated heterocycles. The lowest BCUT2D eigenvalue weighted by Gasteiger charge is -2.03. The van der Waals surface area contributed by atoms with Gasteiger partial charge in [0.1, 0.15) is 0 Å². The van der Waals surface area contributed by atoms with Crippen LogP contribution >= 0.6 is 11.8 Å². The van der Waals surface area contributed by atoms with Crippen LogP contribution in [0.4, 0.5) is 0 Å². The first-order valence-corrected chi connectivity index (χ1v) is 10.4. The normalized spacial score (nSPS) is 11.0. The molecule has 1 aromatic heterocycles. The van der Waals surface area contributed by atoms with Gasteiger partial charge < -0.3 is 0 Å². The van der Waals surface area contributed by atoms with Crippen molar-refractivity contribution < 1.29 is 4.57 Å². The lowest BCUT2D eigenvalue weighted by atomic mass is 10.1. The van der Waals surface area contributed by atoms with Gasteiger partial charge in [-0.15, -0.1) is 0 Å². The highest BCUT2D eigenvalue weighted by Crippen LogP contribution is 2.12. The van der Waals surface area contributed by atoms with E-state index in [0.717, 1.165) is 5.88 Å². The zero-order valence-corrected chi connectivity index (χ0v) is 15.9. The van der Waals surface area contributed by atoms with Crippen LogP contribution in [0.25, 0.3) is 0 Å². The molecule has 0 fully saturated rings. The molecular formula is C20H36NS+. The van der Waals surface area contributed by atoms with Crippen LogP contribution in [0.1, 0.15) is 82.3 Å². The highest BCUT2D eigenvalue weighted by Gasteiger charge is 2.02. The van der Waals surface area contributed by atoms with Crippen molar-refractivity contribution >= 4 is 11.8 Å². The molecule has 0 radical (unpaired) electrons. The molecule has 0 unspecified atom stereocenters. The lowest BCUT2D eigenvalue weighted by molar-refractivity contribution is -0.676. The number of hydrogen-bond acceptors (Lipinski definition) is 1. The Morgan fingerprint density at radius 2 is 1.41 bits per heavy atom. The number of unbranched alkanes of at least 4 members (excludes halogenated alkanes) is 9. The Morgan fingerprint density at radius 1 is 0.818 bits per heavy atom. The Labute approximate surface area is 142 Å². The summed E-state index contributed by atoms with van der Waals surface area (Å²) in [6, 6.07) is 2.22. The lowest BCUT2D eigenvalue weighted by Crippen LogP contribution is -2.31. The molecule has 0 aliphatic heterocycles. The monoisotopic (exact) mass is 322 g/mol. The number of hydrogen-bond donors (Lipinski definition) is 0. The molecule has 0 aliphatic carbocycles. The Hall–Kier alpha value is -0.500. The van der Waals surface area contributed by atoms with E-state index in [1.807, 2.05) is 0 Å². The second-order valence-corrected chi connectivity index (χ2v) is 7.62. The molecule has 126 valence electrons. The van der Waals surface area contributed by atoms with Gasteiger partial charge in [-0.1, -0.05) is 76.5 Å². The maximum absolute atomic E-state index is 2.31. The van der Waals surface area contributed by atoms with Gasteiger partial charge in [0, 0.05) is 11.6 Å². The van der Waals surface area contributed by atoms with Gasteiger partial charge in [0.2, 0.25) is 0 Å². The van der Waals surface area contributed by atoms with Crippen LogP contribution in [0.3, 0.4) is 0 Å². The van der Waals surface area contributed by atoms with Crippen molar-refractivity contribution in [3.8, 4) is 0 Å². The maximum Gasteiger partial charge on any atom is 0.194 e. The van der Waals surface area contributed by atoms with Crippen LogP contribution in [-0.4, -0.2) is 5.75 Å². The van der Waals surface area contributed by atoms with E-state index < -0.39 is 0 Å². The summed E-state index contributed by atoms with van der Waals surface area (Å²) in [6.45, 7) is 6.66. The zero-order valence-electron chi connectivity index (χ0n) is 15.1. The van der Waals surface area contributed by atoms with Crippen molar-refractivity contribution in [2.75, 3.05) is 5.75 Å². The number of aryl methyl sites for hydroxylation is 2. The largest absolute Gasteiger partial charge is 0.195 e. The summed E-state index contributed by atoms with van der Waals surface area (Å²) in [7, 11) is 0. The van der Waals surface area contributed by atoms with Gasteiger partial charge in [-0.05, 0) is 31.6 Å². The Balaban J connectivity index is 1.88. The topological polar surface area (TPSA) is 3.88 Å². The highest BCUT2D eigenvalue weighted by atomic mass is 32.2. The molecule has 0 atom stereocenters. The summed E-state index contributed by atoms with van der Waals surface area (Å²) in [5.41, 5.74) is 2.78. The minimum Gasteiger partial charge on any atom is -0.195 e. The summed E-state index contributed by atoms with van der Waals surface area (Å²) >= 11 is 2.06. The third-order valence-electron chi connectivity index (χ3n) is 4.38. The third kappa shape index (κ3) is 9.50. The van der Waals surface area contributed by atoms with Crippen LogP contribution in [0.2, 0.25) is 0 Å². The molecule has 1 heterocycles. The molecule has 0 N–H and O–H groups in total. The van der Waals surface area contributed by atoms with E-state index in [2.05, 4.69) is 55.6 Å². The summed E-state index contributed by atoms with van der Waals surface area (Å²) in [5.74, 6) is 2.40. The SMILES string of the molecule is CCCCCCCCCCCCSC[n+]1ccc(C)c(C)c1. The molecular weight excluding hydrogens is 286 g/mol. The molecule has 0 bridgehead atoms. The quantitative estimate of drug-likeness (QED) is 0.309. The Kier molecular flexibility index (Phi) is 11.5. The average molecular weight is 323 g/mol. The molecule has 1 rings (SSSR count). The molecule has 0 spiro atoms. The predicted octanol–water partition coefficient (Wildman–Crippen LogP) is 6.20. The first kappa shape index (κ1) is 19.5. The second-order valence-electron chi connectivity index (χ2n) is 6.54. The number of pyridine rings is 1. The number of nitrogens with zero attached hydrogens (tertiary/aromatic N) is 1.